The van der Waals surface area contributed by atoms with Crippen LogP contribution in [0.15, 0.2) is 10.5 Å². The summed E-state index contributed by atoms with van der Waals surface area (Å²) < 4.78 is 0. The van der Waals surface area contributed by atoms with Crippen molar-refractivity contribution in [3.05, 3.63) is 10.5 Å². The van der Waals surface area contributed by atoms with Crippen molar-refractivity contribution in [2.45, 2.75) is 48.0 Å². The predicted molar refractivity (Wildman–Crippen MR) is 63.0 cm³/mol. The standard InChI is InChI=1S/C12H22S/c1-11(2,3)9-7-8-13-10(9)12(4,5)6/h7-8H2,1-6H3. The molecule has 76 valence electrons. The van der Waals surface area contributed by atoms with Gasteiger partial charge in [0.15, 0.2) is 0 Å². The number of rotatable bonds is 0. The third kappa shape index (κ3) is 2.52. The molecule has 0 radical (unpaired) electrons. The lowest BCUT2D eigenvalue weighted by molar-refractivity contribution is 0.457. The molecule has 0 saturated heterocycles. The zero-order valence-corrected chi connectivity index (χ0v) is 10.6. The van der Waals surface area contributed by atoms with Crippen LogP contribution in [-0.2, 0) is 0 Å². The zero-order valence-electron chi connectivity index (χ0n) is 9.82. The summed E-state index contributed by atoms with van der Waals surface area (Å²) in [5.41, 5.74) is 2.40. The molecule has 0 saturated carbocycles. The van der Waals surface area contributed by atoms with Crippen molar-refractivity contribution in [3.8, 4) is 0 Å². The molecule has 0 N–H and O–H groups in total. The van der Waals surface area contributed by atoms with Crippen LogP contribution in [0.1, 0.15) is 48.0 Å². The van der Waals surface area contributed by atoms with Gasteiger partial charge >= 0.3 is 0 Å². The Bertz CT molecular complexity index is 198. The smallest absolute Gasteiger partial charge is 0.00149 e. The van der Waals surface area contributed by atoms with Gasteiger partial charge in [-0.1, -0.05) is 47.1 Å². The maximum Gasteiger partial charge on any atom is 0.00149 e. The van der Waals surface area contributed by atoms with E-state index in [1.54, 1.807) is 10.5 Å². The van der Waals surface area contributed by atoms with Crippen LogP contribution >= 0.6 is 11.8 Å². The van der Waals surface area contributed by atoms with Crippen LogP contribution in [0.5, 0.6) is 0 Å². The van der Waals surface area contributed by atoms with Gasteiger partial charge in [-0.3, -0.25) is 0 Å². The Balaban J connectivity index is 3.04. The minimum absolute atomic E-state index is 0.351. The second-order valence-corrected chi connectivity index (χ2v) is 7.01. The van der Waals surface area contributed by atoms with Crippen molar-refractivity contribution >= 4 is 11.8 Å². The molecule has 1 rings (SSSR count). The van der Waals surface area contributed by atoms with E-state index in [1.807, 2.05) is 0 Å². The quantitative estimate of drug-likeness (QED) is 0.553. The molecule has 13 heavy (non-hydrogen) atoms. The van der Waals surface area contributed by atoms with Gasteiger partial charge in [0.25, 0.3) is 0 Å². The summed E-state index contributed by atoms with van der Waals surface area (Å²) in [6, 6.07) is 0. The SMILES string of the molecule is CC(C)(C)C1=C(C(C)(C)C)SCC1. The first kappa shape index (κ1) is 11.2. The summed E-state index contributed by atoms with van der Waals surface area (Å²) in [5.74, 6) is 1.29. The molecule has 0 amide bonds. The predicted octanol–water partition coefficient (Wildman–Crippen LogP) is 4.47. The van der Waals surface area contributed by atoms with Gasteiger partial charge < -0.3 is 0 Å². The van der Waals surface area contributed by atoms with Crippen molar-refractivity contribution in [3.63, 3.8) is 0 Å². The molecule has 0 unspecified atom stereocenters. The molecule has 1 aliphatic heterocycles. The van der Waals surface area contributed by atoms with Crippen molar-refractivity contribution in [2.24, 2.45) is 10.8 Å². The van der Waals surface area contributed by atoms with Crippen LogP contribution in [-0.4, -0.2) is 5.75 Å². The summed E-state index contributed by atoms with van der Waals surface area (Å²) >= 11 is 2.06. The van der Waals surface area contributed by atoms with Crippen LogP contribution in [0.2, 0.25) is 0 Å². The Labute approximate surface area is 87.2 Å². The van der Waals surface area contributed by atoms with Crippen LogP contribution in [0.4, 0.5) is 0 Å². The van der Waals surface area contributed by atoms with E-state index >= 15 is 0 Å². The molecule has 0 aromatic carbocycles. The van der Waals surface area contributed by atoms with E-state index in [0.29, 0.717) is 10.8 Å². The molecule has 1 aliphatic rings. The van der Waals surface area contributed by atoms with Crippen LogP contribution in [0.3, 0.4) is 0 Å². The molecule has 0 aliphatic carbocycles. The molecule has 0 fully saturated rings. The summed E-state index contributed by atoms with van der Waals surface area (Å²) in [6.07, 6.45) is 1.29. The number of hydrogen-bond acceptors (Lipinski definition) is 1. The van der Waals surface area contributed by atoms with Crippen molar-refractivity contribution in [1.29, 1.82) is 0 Å². The van der Waals surface area contributed by atoms with Crippen molar-refractivity contribution < 1.29 is 0 Å². The lowest BCUT2D eigenvalue weighted by atomic mass is 9.80. The molecule has 0 atom stereocenters. The summed E-state index contributed by atoms with van der Waals surface area (Å²) in [7, 11) is 0. The van der Waals surface area contributed by atoms with Gasteiger partial charge in [0.1, 0.15) is 0 Å². The van der Waals surface area contributed by atoms with Gasteiger partial charge in [0.2, 0.25) is 0 Å². The molecule has 0 aromatic heterocycles. The van der Waals surface area contributed by atoms with Gasteiger partial charge in [-0.05, 0) is 22.2 Å². The van der Waals surface area contributed by atoms with Gasteiger partial charge in [-0.2, -0.15) is 0 Å². The molecule has 0 nitrogen and oxygen atoms in total. The molecule has 1 heteroatoms. The van der Waals surface area contributed by atoms with Crippen LogP contribution in [0, 0.1) is 10.8 Å². The summed E-state index contributed by atoms with van der Waals surface area (Å²) in [4.78, 5) is 1.64. The van der Waals surface area contributed by atoms with E-state index in [0.717, 1.165) is 0 Å². The van der Waals surface area contributed by atoms with E-state index in [4.69, 9.17) is 0 Å². The number of allylic oxidation sites excluding steroid dienone is 2. The molecular weight excluding hydrogens is 176 g/mol. The van der Waals surface area contributed by atoms with Crippen LogP contribution in [0.25, 0.3) is 0 Å². The van der Waals surface area contributed by atoms with E-state index < -0.39 is 0 Å². The van der Waals surface area contributed by atoms with Gasteiger partial charge in [0, 0.05) is 5.75 Å². The van der Waals surface area contributed by atoms with Crippen molar-refractivity contribution in [2.75, 3.05) is 5.75 Å². The Morgan fingerprint density at radius 1 is 0.923 bits per heavy atom. The Morgan fingerprint density at radius 3 is 1.77 bits per heavy atom. The highest BCUT2D eigenvalue weighted by Crippen LogP contribution is 2.48. The number of thioether (sulfide) groups is 1. The first-order chi connectivity index (χ1) is 5.73. The molecule has 0 aromatic rings. The molecule has 1 heterocycles. The molecule has 0 spiro atoms. The normalized spacial score (nSPS) is 19.8. The summed E-state index contributed by atoms with van der Waals surface area (Å²) in [5, 5.41) is 0. The van der Waals surface area contributed by atoms with Gasteiger partial charge in [0.05, 0.1) is 0 Å². The maximum atomic E-state index is 2.33. The van der Waals surface area contributed by atoms with Crippen LogP contribution < -0.4 is 0 Å². The lowest BCUT2D eigenvalue weighted by Gasteiger charge is -2.28. The Hall–Kier alpha value is 0.0900. The fraction of sp³-hybridized carbons (Fsp3) is 0.833. The minimum atomic E-state index is 0.351. The lowest BCUT2D eigenvalue weighted by Crippen LogP contribution is -2.15. The van der Waals surface area contributed by atoms with Gasteiger partial charge in [-0.25, -0.2) is 0 Å². The second kappa shape index (κ2) is 3.34. The largest absolute Gasteiger partial charge is 0.130 e. The first-order valence-electron chi connectivity index (χ1n) is 5.10. The molecule has 0 bridgehead atoms. The minimum Gasteiger partial charge on any atom is -0.130 e. The molecular formula is C12H22S. The average molecular weight is 198 g/mol. The number of hydrogen-bond donors (Lipinski definition) is 0. The summed E-state index contributed by atoms with van der Waals surface area (Å²) in [6.45, 7) is 14.0. The highest BCUT2D eigenvalue weighted by atomic mass is 32.2. The topological polar surface area (TPSA) is 0 Å². The fourth-order valence-electron chi connectivity index (χ4n) is 1.84. The maximum absolute atomic E-state index is 2.33. The van der Waals surface area contributed by atoms with E-state index in [9.17, 15) is 0 Å². The monoisotopic (exact) mass is 198 g/mol. The second-order valence-electron chi connectivity index (χ2n) is 5.91. The first-order valence-corrected chi connectivity index (χ1v) is 6.08. The van der Waals surface area contributed by atoms with E-state index in [1.165, 1.54) is 12.2 Å². The highest BCUT2D eigenvalue weighted by molar-refractivity contribution is 8.03. The third-order valence-electron chi connectivity index (χ3n) is 2.46. The average Bonchev–Trinajstić information content (AvgIpc) is 2.27. The van der Waals surface area contributed by atoms with Crippen molar-refractivity contribution in [1.82, 2.24) is 0 Å². The zero-order chi connectivity index (χ0) is 10.3. The van der Waals surface area contributed by atoms with E-state index in [2.05, 4.69) is 53.3 Å². The Kier molecular flexibility index (Phi) is 2.87. The highest BCUT2D eigenvalue weighted by Gasteiger charge is 2.31. The fourth-order valence-corrected chi connectivity index (χ4v) is 3.37. The van der Waals surface area contributed by atoms with E-state index in [-0.39, 0.29) is 0 Å². The van der Waals surface area contributed by atoms with Gasteiger partial charge in [-0.15, -0.1) is 11.8 Å². The third-order valence-corrected chi connectivity index (χ3v) is 4.01. The Morgan fingerprint density at radius 2 is 1.46 bits per heavy atom.